The van der Waals surface area contributed by atoms with Gasteiger partial charge in [-0.05, 0) is 29.5 Å². The number of rotatable bonds is 5. The smallest absolute Gasteiger partial charge is 0.128 e. The van der Waals surface area contributed by atoms with Crippen molar-refractivity contribution in [3.63, 3.8) is 0 Å². The Labute approximate surface area is 110 Å². The van der Waals surface area contributed by atoms with E-state index in [1.807, 2.05) is 0 Å². The summed E-state index contributed by atoms with van der Waals surface area (Å²) in [6, 6.07) is 4.19. The van der Waals surface area contributed by atoms with E-state index in [4.69, 9.17) is 16.6 Å². The van der Waals surface area contributed by atoms with Gasteiger partial charge in [0.1, 0.15) is 5.82 Å². The number of alkyl halides is 1. The van der Waals surface area contributed by atoms with E-state index in [-0.39, 0.29) is 0 Å². The third kappa shape index (κ3) is 4.19. The van der Waals surface area contributed by atoms with Crippen LogP contribution in [0.4, 0.5) is 5.82 Å². The second kappa shape index (κ2) is 6.25. The van der Waals surface area contributed by atoms with Crippen LogP contribution in [0.15, 0.2) is 12.1 Å². The summed E-state index contributed by atoms with van der Waals surface area (Å²) in [4.78, 5) is 6.90. The maximum absolute atomic E-state index is 5.94. The average Bonchev–Trinajstić information content (AvgIpc) is 2.27. The van der Waals surface area contributed by atoms with Crippen LogP contribution < -0.4 is 4.90 Å². The molecule has 96 valence electrons. The van der Waals surface area contributed by atoms with Gasteiger partial charge in [0.15, 0.2) is 0 Å². The van der Waals surface area contributed by atoms with Crippen molar-refractivity contribution in [1.29, 1.82) is 0 Å². The van der Waals surface area contributed by atoms with Crippen molar-refractivity contribution < 1.29 is 0 Å². The maximum atomic E-state index is 5.94. The largest absolute Gasteiger partial charge is 0.359 e. The molecule has 17 heavy (non-hydrogen) atoms. The third-order valence-corrected chi connectivity index (χ3v) is 2.98. The van der Waals surface area contributed by atoms with Crippen LogP contribution in [0.2, 0.25) is 0 Å². The normalized spacial score (nSPS) is 11.3. The second-order valence-corrected chi connectivity index (χ2v) is 5.59. The first kappa shape index (κ1) is 14.3. The summed E-state index contributed by atoms with van der Waals surface area (Å²) < 4.78 is 0. The number of anilines is 1. The fourth-order valence-electron chi connectivity index (χ4n) is 1.80. The van der Waals surface area contributed by atoms with Crippen LogP contribution in [0.25, 0.3) is 0 Å². The molecular weight excluding hydrogens is 232 g/mol. The lowest BCUT2D eigenvalue weighted by molar-refractivity contribution is 0.633. The quantitative estimate of drug-likeness (QED) is 0.738. The SMILES string of the molecule is CC(C)CN(C)c1cc(CCl)cc(C(C)C)n1. The van der Waals surface area contributed by atoms with Crippen molar-refractivity contribution in [2.45, 2.75) is 39.5 Å². The van der Waals surface area contributed by atoms with Crippen molar-refractivity contribution in [1.82, 2.24) is 4.98 Å². The Morgan fingerprint density at radius 1 is 1.24 bits per heavy atom. The van der Waals surface area contributed by atoms with Gasteiger partial charge in [-0.15, -0.1) is 11.6 Å². The molecule has 1 aromatic heterocycles. The van der Waals surface area contributed by atoms with Crippen molar-refractivity contribution in [3.05, 3.63) is 23.4 Å². The van der Waals surface area contributed by atoms with E-state index in [9.17, 15) is 0 Å². The van der Waals surface area contributed by atoms with Gasteiger partial charge in [-0.1, -0.05) is 27.7 Å². The minimum atomic E-state index is 0.435. The zero-order valence-electron chi connectivity index (χ0n) is 11.5. The number of hydrogen-bond acceptors (Lipinski definition) is 2. The van der Waals surface area contributed by atoms with E-state index >= 15 is 0 Å². The molecule has 0 bridgehead atoms. The van der Waals surface area contributed by atoms with Crippen molar-refractivity contribution in [2.24, 2.45) is 5.92 Å². The van der Waals surface area contributed by atoms with E-state index in [1.54, 1.807) is 0 Å². The highest BCUT2D eigenvalue weighted by Crippen LogP contribution is 2.21. The molecule has 0 aliphatic heterocycles. The standard InChI is InChI=1S/C14H23ClN2/c1-10(2)9-17(5)14-7-12(8-15)6-13(16-14)11(3)4/h6-7,10-11H,8-9H2,1-5H3. The number of halogens is 1. The van der Waals surface area contributed by atoms with E-state index in [0.717, 1.165) is 23.6 Å². The van der Waals surface area contributed by atoms with Gasteiger partial charge in [0.2, 0.25) is 0 Å². The highest BCUT2D eigenvalue weighted by Gasteiger charge is 2.10. The molecule has 1 heterocycles. The van der Waals surface area contributed by atoms with Gasteiger partial charge in [0, 0.05) is 25.2 Å². The van der Waals surface area contributed by atoms with Crippen molar-refractivity contribution in [3.8, 4) is 0 Å². The summed E-state index contributed by atoms with van der Waals surface area (Å²) >= 11 is 5.94. The van der Waals surface area contributed by atoms with Crippen LogP contribution in [0, 0.1) is 5.92 Å². The van der Waals surface area contributed by atoms with E-state index < -0.39 is 0 Å². The van der Waals surface area contributed by atoms with Crippen molar-refractivity contribution in [2.75, 3.05) is 18.5 Å². The summed E-state index contributed by atoms with van der Waals surface area (Å²) in [7, 11) is 2.09. The second-order valence-electron chi connectivity index (χ2n) is 5.32. The number of nitrogens with zero attached hydrogens (tertiary/aromatic N) is 2. The summed E-state index contributed by atoms with van der Waals surface area (Å²) in [6.45, 7) is 9.76. The van der Waals surface area contributed by atoms with Gasteiger partial charge in [0.05, 0.1) is 0 Å². The van der Waals surface area contributed by atoms with Gasteiger partial charge >= 0.3 is 0 Å². The van der Waals surface area contributed by atoms with Gasteiger partial charge in [-0.25, -0.2) is 4.98 Å². The Kier molecular flexibility index (Phi) is 5.26. The molecule has 0 aliphatic rings. The summed E-state index contributed by atoms with van der Waals surface area (Å²) in [5.41, 5.74) is 2.27. The Morgan fingerprint density at radius 3 is 2.35 bits per heavy atom. The van der Waals surface area contributed by atoms with Gasteiger partial charge < -0.3 is 4.90 Å². The highest BCUT2D eigenvalue weighted by molar-refractivity contribution is 6.17. The lowest BCUT2D eigenvalue weighted by atomic mass is 10.1. The van der Waals surface area contributed by atoms with Gasteiger partial charge in [0.25, 0.3) is 0 Å². The topological polar surface area (TPSA) is 16.1 Å². The number of hydrogen-bond donors (Lipinski definition) is 0. The molecule has 0 saturated heterocycles. The van der Waals surface area contributed by atoms with Crippen LogP contribution in [-0.4, -0.2) is 18.6 Å². The molecule has 3 heteroatoms. The van der Waals surface area contributed by atoms with Crippen LogP contribution >= 0.6 is 11.6 Å². The summed E-state index contributed by atoms with van der Waals surface area (Å²) in [6.07, 6.45) is 0. The molecule has 0 unspecified atom stereocenters. The summed E-state index contributed by atoms with van der Waals surface area (Å²) in [5.74, 6) is 2.64. The Hall–Kier alpha value is -0.760. The van der Waals surface area contributed by atoms with Gasteiger partial charge in [-0.2, -0.15) is 0 Å². The fraction of sp³-hybridized carbons (Fsp3) is 0.643. The highest BCUT2D eigenvalue weighted by atomic mass is 35.5. The summed E-state index contributed by atoms with van der Waals surface area (Å²) in [5, 5.41) is 0. The first-order chi connectivity index (χ1) is 7.93. The molecule has 0 amide bonds. The lowest BCUT2D eigenvalue weighted by Crippen LogP contribution is -2.24. The molecule has 0 fully saturated rings. The van der Waals surface area contributed by atoms with E-state index in [0.29, 0.717) is 17.7 Å². The van der Waals surface area contributed by atoms with Crippen LogP contribution in [0.3, 0.4) is 0 Å². The molecule has 0 N–H and O–H groups in total. The van der Waals surface area contributed by atoms with Crippen molar-refractivity contribution >= 4 is 17.4 Å². The third-order valence-electron chi connectivity index (χ3n) is 2.67. The molecule has 0 spiro atoms. The fourth-order valence-corrected chi connectivity index (χ4v) is 1.96. The van der Waals surface area contributed by atoms with Gasteiger partial charge in [-0.3, -0.25) is 0 Å². The minimum Gasteiger partial charge on any atom is -0.359 e. The molecule has 2 nitrogen and oxygen atoms in total. The molecular formula is C14H23ClN2. The molecule has 0 atom stereocenters. The Balaban J connectivity index is 3.01. The monoisotopic (exact) mass is 254 g/mol. The van der Waals surface area contributed by atoms with E-state index in [2.05, 4.69) is 51.8 Å². The first-order valence-electron chi connectivity index (χ1n) is 6.22. The zero-order valence-corrected chi connectivity index (χ0v) is 12.3. The molecule has 0 aliphatic carbocycles. The van der Waals surface area contributed by atoms with Crippen LogP contribution in [0.5, 0.6) is 0 Å². The lowest BCUT2D eigenvalue weighted by Gasteiger charge is -2.22. The molecule has 0 radical (unpaired) electrons. The maximum Gasteiger partial charge on any atom is 0.128 e. The average molecular weight is 255 g/mol. The number of pyridine rings is 1. The molecule has 0 saturated carbocycles. The number of aromatic nitrogens is 1. The molecule has 1 rings (SSSR count). The Morgan fingerprint density at radius 2 is 1.88 bits per heavy atom. The minimum absolute atomic E-state index is 0.435. The Bertz CT molecular complexity index is 361. The van der Waals surface area contributed by atoms with E-state index in [1.165, 1.54) is 0 Å². The predicted molar refractivity (Wildman–Crippen MR) is 76.0 cm³/mol. The molecule has 0 aromatic carbocycles. The predicted octanol–water partition coefficient (Wildman–Crippen LogP) is 4.04. The zero-order chi connectivity index (χ0) is 13.0. The first-order valence-corrected chi connectivity index (χ1v) is 6.75. The van der Waals surface area contributed by atoms with Crippen LogP contribution in [0.1, 0.15) is 44.9 Å². The molecule has 1 aromatic rings. The van der Waals surface area contributed by atoms with Crippen LogP contribution in [-0.2, 0) is 5.88 Å².